The fourth-order valence-electron chi connectivity index (χ4n) is 3.16. The minimum absolute atomic E-state index is 0.0435. The lowest BCUT2D eigenvalue weighted by Crippen LogP contribution is -2.34. The molecule has 25 heavy (non-hydrogen) atoms. The number of nitrogens with zero attached hydrogens (tertiary/aromatic N) is 1. The number of benzene rings is 1. The highest BCUT2D eigenvalue weighted by molar-refractivity contribution is 8.04. The Kier molecular flexibility index (Phi) is 5.18. The van der Waals surface area contributed by atoms with Gasteiger partial charge in [0.1, 0.15) is 5.82 Å². The summed E-state index contributed by atoms with van der Waals surface area (Å²) >= 11 is 1.65. The fraction of sp³-hybridized carbons (Fsp3) is 0.474. The Morgan fingerprint density at radius 3 is 2.76 bits per heavy atom. The summed E-state index contributed by atoms with van der Waals surface area (Å²) in [4.78, 5) is 17.8. The van der Waals surface area contributed by atoms with Gasteiger partial charge in [-0.05, 0) is 49.4 Å². The molecule has 1 aromatic carbocycles. The number of fused-ring (bicyclic) bond motifs is 1. The molecule has 134 valence electrons. The summed E-state index contributed by atoms with van der Waals surface area (Å²) in [6.45, 7) is 6.56. The van der Waals surface area contributed by atoms with Gasteiger partial charge < -0.3 is 10.1 Å². The standard InChI is InChI=1S/C19H23FN2O2S/c1-4-24-18(23)16-11-25-17-14(9-19(2,3)10-15(17)22-16)21-13-7-5-12(20)6-8-13/h5-8,16,21H,4,9-11H2,1-3H3. The summed E-state index contributed by atoms with van der Waals surface area (Å²) in [7, 11) is 0. The van der Waals surface area contributed by atoms with Crippen LogP contribution in [0.5, 0.6) is 0 Å². The van der Waals surface area contributed by atoms with E-state index in [-0.39, 0.29) is 17.2 Å². The number of carbonyl (C=O) groups excluding carboxylic acids is 1. The third-order valence-corrected chi connectivity index (χ3v) is 5.49. The van der Waals surface area contributed by atoms with E-state index in [2.05, 4.69) is 24.2 Å². The summed E-state index contributed by atoms with van der Waals surface area (Å²) < 4.78 is 18.3. The zero-order chi connectivity index (χ0) is 18.0. The van der Waals surface area contributed by atoms with Crippen LogP contribution in [0.25, 0.3) is 0 Å². The molecular weight excluding hydrogens is 339 g/mol. The Hall–Kier alpha value is -1.82. The molecule has 0 saturated carbocycles. The summed E-state index contributed by atoms with van der Waals surface area (Å²) in [6, 6.07) is 5.93. The van der Waals surface area contributed by atoms with Crippen molar-refractivity contribution in [1.29, 1.82) is 0 Å². The highest BCUT2D eigenvalue weighted by Crippen LogP contribution is 2.43. The SMILES string of the molecule is CCOC(=O)C1CSC2=C(Nc3ccc(F)cc3)CC(C)(C)CC2=N1. The molecule has 0 saturated heterocycles. The topological polar surface area (TPSA) is 50.7 Å². The maximum absolute atomic E-state index is 13.1. The number of hydrogen-bond acceptors (Lipinski definition) is 5. The number of aliphatic imine (C=N–C) groups is 1. The largest absolute Gasteiger partial charge is 0.464 e. The Bertz CT molecular complexity index is 725. The van der Waals surface area contributed by atoms with E-state index in [1.54, 1.807) is 30.8 Å². The van der Waals surface area contributed by atoms with Gasteiger partial charge in [0, 0.05) is 22.0 Å². The molecule has 1 heterocycles. The molecule has 1 aliphatic carbocycles. The van der Waals surface area contributed by atoms with Gasteiger partial charge in [0.05, 0.1) is 12.3 Å². The van der Waals surface area contributed by atoms with Crippen molar-refractivity contribution < 1.29 is 13.9 Å². The summed E-state index contributed by atoms with van der Waals surface area (Å²) in [5.41, 5.74) is 2.96. The molecule has 0 amide bonds. The molecule has 1 unspecified atom stereocenters. The molecule has 3 rings (SSSR count). The van der Waals surface area contributed by atoms with Crippen LogP contribution in [0.3, 0.4) is 0 Å². The van der Waals surface area contributed by atoms with Crippen LogP contribution in [0.15, 0.2) is 39.9 Å². The van der Waals surface area contributed by atoms with Crippen LogP contribution in [0.2, 0.25) is 0 Å². The van der Waals surface area contributed by atoms with Crippen molar-refractivity contribution in [3.8, 4) is 0 Å². The lowest BCUT2D eigenvalue weighted by molar-refractivity contribution is -0.143. The lowest BCUT2D eigenvalue weighted by Gasteiger charge is -2.36. The summed E-state index contributed by atoms with van der Waals surface area (Å²) in [5.74, 6) is 0.0869. The Labute approximate surface area is 151 Å². The maximum atomic E-state index is 13.1. The highest BCUT2D eigenvalue weighted by Gasteiger charge is 2.36. The van der Waals surface area contributed by atoms with Gasteiger partial charge >= 0.3 is 5.97 Å². The number of halogens is 1. The van der Waals surface area contributed by atoms with E-state index in [0.717, 1.165) is 34.8 Å². The van der Waals surface area contributed by atoms with Crippen LogP contribution in [0.4, 0.5) is 10.1 Å². The van der Waals surface area contributed by atoms with Crippen molar-refractivity contribution in [2.45, 2.75) is 39.7 Å². The smallest absolute Gasteiger partial charge is 0.331 e. The Balaban J connectivity index is 1.89. The zero-order valence-electron chi connectivity index (χ0n) is 14.8. The first-order valence-electron chi connectivity index (χ1n) is 8.50. The van der Waals surface area contributed by atoms with E-state index in [4.69, 9.17) is 4.74 Å². The Morgan fingerprint density at radius 2 is 2.08 bits per heavy atom. The number of anilines is 1. The number of nitrogens with one attached hydrogen (secondary N) is 1. The molecule has 1 N–H and O–H groups in total. The van der Waals surface area contributed by atoms with Crippen LogP contribution in [-0.2, 0) is 9.53 Å². The van der Waals surface area contributed by atoms with Crippen molar-refractivity contribution in [2.24, 2.45) is 10.4 Å². The van der Waals surface area contributed by atoms with E-state index in [9.17, 15) is 9.18 Å². The molecule has 0 spiro atoms. The number of esters is 1. The van der Waals surface area contributed by atoms with E-state index < -0.39 is 6.04 Å². The number of hydrogen-bond donors (Lipinski definition) is 1. The van der Waals surface area contributed by atoms with Gasteiger partial charge in [0.2, 0.25) is 0 Å². The first-order chi connectivity index (χ1) is 11.9. The molecule has 1 atom stereocenters. The highest BCUT2D eigenvalue weighted by atomic mass is 32.2. The average Bonchev–Trinajstić information content (AvgIpc) is 2.55. The van der Waals surface area contributed by atoms with Crippen LogP contribution in [0.1, 0.15) is 33.6 Å². The van der Waals surface area contributed by atoms with Gasteiger partial charge in [-0.2, -0.15) is 0 Å². The Morgan fingerprint density at radius 1 is 1.36 bits per heavy atom. The van der Waals surface area contributed by atoms with Crippen LogP contribution in [-0.4, -0.2) is 30.1 Å². The molecule has 1 aromatic rings. The number of allylic oxidation sites excluding steroid dienone is 2. The predicted molar refractivity (Wildman–Crippen MR) is 100 cm³/mol. The number of ether oxygens (including phenoxy) is 1. The van der Waals surface area contributed by atoms with Crippen molar-refractivity contribution in [2.75, 3.05) is 17.7 Å². The molecule has 0 radical (unpaired) electrons. The molecule has 4 nitrogen and oxygen atoms in total. The third kappa shape index (κ3) is 4.24. The monoisotopic (exact) mass is 362 g/mol. The van der Waals surface area contributed by atoms with Gasteiger partial charge in [-0.3, -0.25) is 4.99 Å². The maximum Gasteiger partial charge on any atom is 0.331 e. The van der Waals surface area contributed by atoms with Gasteiger partial charge in [0.25, 0.3) is 0 Å². The van der Waals surface area contributed by atoms with Crippen molar-refractivity contribution >= 4 is 29.1 Å². The summed E-state index contributed by atoms with van der Waals surface area (Å²) in [6.07, 6.45) is 1.72. The molecular formula is C19H23FN2O2S. The first-order valence-corrected chi connectivity index (χ1v) is 9.49. The van der Waals surface area contributed by atoms with E-state index in [1.807, 2.05) is 0 Å². The molecule has 6 heteroatoms. The molecule has 2 aliphatic rings. The van der Waals surface area contributed by atoms with Crippen molar-refractivity contribution in [3.63, 3.8) is 0 Å². The minimum Gasteiger partial charge on any atom is -0.464 e. The second-order valence-electron chi connectivity index (χ2n) is 7.11. The predicted octanol–water partition coefficient (Wildman–Crippen LogP) is 4.39. The number of carbonyl (C=O) groups is 1. The summed E-state index contributed by atoms with van der Waals surface area (Å²) in [5, 5.41) is 3.43. The van der Waals surface area contributed by atoms with Crippen LogP contribution in [0, 0.1) is 11.2 Å². The number of rotatable bonds is 4. The quantitative estimate of drug-likeness (QED) is 0.807. The van der Waals surface area contributed by atoms with Gasteiger partial charge in [0.15, 0.2) is 6.04 Å². The van der Waals surface area contributed by atoms with Crippen molar-refractivity contribution in [3.05, 3.63) is 40.7 Å². The molecule has 0 aromatic heterocycles. The average molecular weight is 362 g/mol. The zero-order valence-corrected chi connectivity index (χ0v) is 15.6. The molecule has 0 bridgehead atoms. The minimum atomic E-state index is -0.426. The second kappa shape index (κ2) is 7.20. The first kappa shape index (κ1) is 18.0. The lowest BCUT2D eigenvalue weighted by atomic mass is 9.78. The molecule has 1 aliphatic heterocycles. The molecule has 0 fully saturated rings. The van der Waals surface area contributed by atoms with Crippen LogP contribution >= 0.6 is 11.8 Å². The number of thioether (sulfide) groups is 1. The van der Waals surface area contributed by atoms with Gasteiger partial charge in [-0.25, -0.2) is 9.18 Å². The van der Waals surface area contributed by atoms with E-state index in [0.29, 0.717) is 12.4 Å². The second-order valence-corrected chi connectivity index (χ2v) is 8.14. The van der Waals surface area contributed by atoms with Gasteiger partial charge in [-0.15, -0.1) is 11.8 Å². The van der Waals surface area contributed by atoms with E-state index >= 15 is 0 Å². The van der Waals surface area contributed by atoms with Crippen molar-refractivity contribution in [1.82, 2.24) is 0 Å². The van der Waals surface area contributed by atoms with Crippen LogP contribution < -0.4 is 5.32 Å². The van der Waals surface area contributed by atoms with Gasteiger partial charge in [-0.1, -0.05) is 13.8 Å². The third-order valence-electron chi connectivity index (χ3n) is 4.23. The fourth-order valence-corrected chi connectivity index (χ4v) is 4.28. The van der Waals surface area contributed by atoms with E-state index in [1.165, 1.54) is 12.1 Å². The normalized spacial score (nSPS) is 22.1.